The van der Waals surface area contributed by atoms with Crippen molar-refractivity contribution >= 4 is 16.8 Å². The third-order valence-electron chi connectivity index (χ3n) is 4.48. The molecule has 1 aromatic carbocycles. The standard InChI is InChI=1S/C20H26N4O/c1-14-11-16(3)24(23-14)13-15(2)22-20(25)10-6-7-17-12-21-19-9-5-4-8-18(17)19/h4-5,8-9,11-12,15,21H,6-7,10,13H2,1-3H3,(H,22,25). The molecule has 3 rings (SSSR count). The Kier molecular flexibility index (Phi) is 5.22. The Bertz CT molecular complexity index is 862. The Morgan fingerprint density at radius 1 is 1.32 bits per heavy atom. The lowest BCUT2D eigenvalue weighted by molar-refractivity contribution is -0.121. The Morgan fingerprint density at radius 3 is 2.88 bits per heavy atom. The van der Waals surface area contributed by atoms with E-state index >= 15 is 0 Å². The van der Waals surface area contributed by atoms with E-state index in [-0.39, 0.29) is 11.9 Å². The van der Waals surface area contributed by atoms with Crippen LogP contribution < -0.4 is 5.32 Å². The second-order valence-corrected chi connectivity index (χ2v) is 6.79. The fraction of sp³-hybridized carbons (Fsp3) is 0.400. The molecule has 0 bridgehead atoms. The first-order valence-corrected chi connectivity index (χ1v) is 8.88. The van der Waals surface area contributed by atoms with Crippen molar-refractivity contribution in [2.45, 2.75) is 52.6 Å². The highest BCUT2D eigenvalue weighted by Gasteiger charge is 2.11. The van der Waals surface area contributed by atoms with Gasteiger partial charge in [0.2, 0.25) is 5.91 Å². The minimum Gasteiger partial charge on any atom is -0.361 e. The molecule has 3 aromatic rings. The summed E-state index contributed by atoms with van der Waals surface area (Å²) in [5.74, 6) is 0.105. The molecule has 2 heterocycles. The molecular formula is C20H26N4O. The molecule has 2 aromatic heterocycles. The van der Waals surface area contributed by atoms with Crippen LogP contribution in [0.1, 0.15) is 36.7 Å². The molecule has 5 nitrogen and oxygen atoms in total. The summed E-state index contributed by atoms with van der Waals surface area (Å²) in [6.45, 7) is 6.75. The molecule has 2 N–H and O–H groups in total. The van der Waals surface area contributed by atoms with Crippen molar-refractivity contribution in [3.63, 3.8) is 0 Å². The predicted octanol–water partition coefficient (Wildman–Crippen LogP) is 3.51. The zero-order chi connectivity index (χ0) is 17.8. The number of hydrogen-bond donors (Lipinski definition) is 2. The van der Waals surface area contributed by atoms with Gasteiger partial charge in [0.25, 0.3) is 0 Å². The van der Waals surface area contributed by atoms with Crippen molar-refractivity contribution in [2.75, 3.05) is 0 Å². The smallest absolute Gasteiger partial charge is 0.220 e. The molecule has 0 radical (unpaired) electrons. The van der Waals surface area contributed by atoms with E-state index < -0.39 is 0 Å². The summed E-state index contributed by atoms with van der Waals surface area (Å²) in [5.41, 5.74) is 4.56. The number of H-pyrrole nitrogens is 1. The average molecular weight is 338 g/mol. The average Bonchev–Trinajstić information content (AvgIpc) is 3.11. The largest absolute Gasteiger partial charge is 0.361 e. The number of aryl methyl sites for hydroxylation is 3. The maximum absolute atomic E-state index is 12.2. The number of nitrogens with one attached hydrogen (secondary N) is 2. The number of aromatic amines is 1. The van der Waals surface area contributed by atoms with E-state index in [1.54, 1.807) is 0 Å². The number of hydrogen-bond acceptors (Lipinski definition) is 2. The number of para-hydroxylation sites is 1. The quantitative estimate of drug-likeness (QED) is 0.692. The van der Waals surface area contributed by atoms with E-state index in [1.165, 1.54) is 10.9 Å². The fourth-order valence-electron chi connectivity index (χ4n) is 3.29. The van der Waals surface area contributed by atoms with E-state index in [2.05, 4.69) is 33.6 Å². The first-order chi connectivity index (χ1) is 12.0. The van der Waals surface area contributed by atoms with Crippen LogP contribution >= 0.6 is 0 Å². The van der Waals surface area contributed by atoms with Gasteiger partial charge in [-0.25, -0.2) is 0 Å². The van der Waals surface area contributed by atoms with Gasteiger partial charge in [0.1, 0.15) is 0 Å². The normalized spacial score (nSPS) is 12.4. The van der Waals surface area contributed by atoms with Crippen molar-refractivity contribution in [2.24, 2.45) is 0 Å². The van der Waals surface area contributed by atoms with Crippen LogP contribution in [0.25, 0.3) is 10.9 Å². The molecule has 0 aliphatic heterocycles. The predicted molar refractivity (Wildman–Crippen MR) is 101 cm³/mol. The van der Waals surface area contributed by atoms with Gasteiger partial charge in [-0.2, -0.15) is 5.10 Å². The number of carbonyl (C=O) groups excluding carboxylic acids is 1. The van der Waals surface area contributed by atoms with Crippen LogP contribution in [-0.4, -0.2) is 26.7 Å². The van der Waals surface area contributed by atoms with Gasteiger partial charge in [0.05, 0.1) is 12.2 Å². The molecule has 1 amide bonds. The van der Waals surface area contributed by atoms with Crippen LogP contribution in [0.3, 0.4) is 0 Å². The van der Waals surface area contributed by atoms with Gasteiger partial charge in [-0.3, -0.25) is 9.48 Å². The van der Waals surface area contributed by atoms with Crippen LogP contribution in [0.5, 0.6) is 0 Å². The SMILES string of the molecule is Cc1cc(C)n(CC(C)NC(=O)CCCc2c[nH]c3ccccc23)n1. The lowest BCUT2D eigenvalue weighted by atomic mass is 10.1. The summed E-state index contributed by atoms with van der Waals surface area (Å²) in [4.78, 5) is 15.5. The lowest BCUT2D eigenvalue weighted by Crippen LogP contribution is -2.36. The number of benzene rings is 1. The fourth-order valence-corrected chi connectivity index (χ4v) is 3.29. The van der Waals surface area contributed by atoms with E-state index in [1.807, 2.05) is 43.8 Å². The summed E-state index contributed by atoms with van der Waals surface area (Å²) in [6.07, 6.45) is 4.35. The van der Waals surface area contributed by atoms with Gasteiger partial charge in [0, 0.05) is 35.3 Å². The number of rotatable bonds is 7. The number of nitrogens with zero attached hydrogens (tertiary/aromatic N) is 2. The van der Waals surface area contributed by atoms with Crippen LogP contribution in [0.4, 0.5) is 0 Å². The topological polar surface area (TPSA) is 62.7 Å². The first kappa shape index (κ1) is 17.3. The molecule has 0 saturated heterocycles. The zero-order valence-electron chi connectivity index (χ0n) is 15.2. The molecule has 25 heavy (non-hydrogen) atoms. The third-order valence-corrected chi connectivity index (χ3v) is 4.48. The highest BCUT2D eigenvalue weighted by molar-refractivity contribution is 5.83. The molecule has 0 fully saturated rings. The van der Waals surface area contributed by atoms with Gasteiger partial charge >= 0.3 is 0 Å². The summed E-state index contributed by atoms with van der Waals surface area (Å²) < 4.78 is 1.95. The number of amides is 1. The van der Waals surface area contributed by atoms with E-state index in [0.29, 0.717) is 13.0 Å². The van der Waals surface area contributed by atoms with Gasteiger partial charge in [-0.05, 0) is 51.3 Å². The van der Waals surface area contributed by atoms with Crippen LogP contribution in [0.2, 0.25) is 0 Å². The van der Waals surface area contributed by atoms with Crippen molar-refractivity contribution in [1.29, 1.82) is 0 Å². The van der Waals surface area contributed by atoms with Crippen molar-refractivity contribution in [1.82, 2.24) is 20.1 Å². The van der Waals surface area contributed by atoms with Gasteiger partial charge in [0.15, 0.2) is 0 Å². The van der Waals surface area contributed by atoms with Crippen molar-refractivity contribution in [3.8, 4) is 0 Å². The third kappa shape index (κ3) is 4.29. The Labute approximate surface area is 148 Å². The highest BCUT2D eigenvalue weighted by atomic mass is 16.1. The molecule has 132 valence electrons. The zero-order valence-corrected chi connectivity index (χ0v) is 15.2. The molecular weight excluding hydrogens is 312 g/mol. The van der Waals surface area contributed by atoms with E-state index in [0.717, 1.165) is 29.7 Å². The minimum atomic E-state index is 0.0681. The van der Waals surface area contributed by atoms with Gasteiger partial charge in [-0.1, -0.05) is 18.2 Å². The van der Waals surface area contributed by atoms with Crippen molar-refractivity contribution < 1.29 is 4.79 Å². The summed E-state index contributed by atoms with van der Waals surface area (Å²) in [5, 5.41) is 8.77. The lowest BCUT2D eigenvalue weighted by Gasteiger charge is -2.15. The first-order valence-electron chi connectivity index (χ1n) is 8.88. The number of aromatic nitrogens is 3. The summed E-state index contributed by atoms with van der Waals surface area (Å²) in [6, 6.07) is 10.4. The molecule has 1 unspecified atom stereocenters. The molecule has 5 heteroatoms. The Balaban J connectivity index is 1.45. The minimum absolute atomic E-state index is 0.0681. The highest BCUT2D eigenvalue weighted by Crippen LogP contribution is 2.19. The second-order valence-electron chi connectivity index (χ2n) is 6.79. The van der Waals surface area contributed by atoms with Crippen molar-refractivity contribution in [3.05, 3.63) is 53.5 Å². The van der Waals surface area contributed by atoms with E-state index in [9.17, 15) is 4.79 Å². The molecule has 1 atom stereocenters. The maximum Gasteiger partial charge on any atom is 0.220 e. The monoisotopic (exact) mass is 338 g/mol. The maximum atomic E-state index is 12.2. The van der Waals surface area contributed by atoms with E-state index in [4.69, 9.17) is 0 Å². The number of carbonyl (C=O) groups is 1. The van der Waals surface area contributed by atoms with Crippen LogP contribution in [-0.2, 0) is 17.8 Å². The summed E-state index contributed by atoms with van der Waals surface area (Å²) >= 11 is 0. The van der Waals surface area contributed by atoms with Gasteiger partial charge in [-0.15, -0.1) is 0 Å². The Morgan fingerprint density at radius 2 is 2.12 bits per heavy atom. The molecule has 0 saturated carbocycles. The summed E-state index contributed by atoms with van der Waals surface area (Å²) in [7, 11) is 0. The van der Waals surface area contributed by atoms with Crippen LogP contribution in [0.15, 0.2) is 36.5 Å². The molecule has 0 aliphatic carbocycles. The molecule has 0 aliphatic rings. The Hall–Kier alpha value is -2.56. The van der Waals surface area contributed by atoms with Gasteiger partial charge < -0.3 is 10.3 Å². The molecule has 0 spiro atoms. The number of fused-ring (bicyclic) bond motifs is 1. The second kappa shape index (κ2) is 7.55. The van der Waals surface area contributed by atoms with Crippen LogP contribution in [0, 0.1) is 13.8 Å².